The summed E-state index contributed by atoms with van der Waals surface area (Å²) in [7, 11) is 0. The molecule has 1 radical (unpaired) electrons. The molecule has 0 bridgehead atoms. The zero-order valence-corrected chi connectivity index (χ0v) is 24.6. The Labute approximate surface area is 219 Å². The number of benzene rings is 2. The maximum atomic E-state index is 11.5. The van der Waals surface area contributed by atoms with E-state index in [-0.39, 0.29) is 37.1 Å². The molecular formula is C30H38IrNO2-. The van der Waals surface area contributed by atoms with E-state index < -0.39 is 5.41 Å². The zero-order chi connectivity index (χ0) is 25.1. The first-order chi connectivity index (χ1) is 15.1. The van der Waals surface area contributed by atoms with Crippen LogP contribution in [-0.2, 0) is 24.9 Å². The average Bonchev–Trinajstić information content (AvgIpc) is 2.68. The predicted octanol–water partition coefficient (Wildman–Crippen LogP) is 8.02. The number of allylic oxidation sites excluding steroid dienone is 2. The molecule has 0 atom stereocenters. The van der Waals surface area contributed by atoms with Crippen molar-refractivity contribution in [2.24, 2.45) is 10.8 Å². The number of nitrogens with zero attached hydrogens (tertiary/aromatic N) is 1. The number of carbonyl (C=O) groups is 1. The number of aromatic nitrogens is 1. The Kier molecular flexibility index (Phi) is 9.99. The first-order valence-electron chi connectivity index (χ1n) is 11.4. The molecule has 2 aromatic carbocycles. The molecule has 0 saturated heterocycles. The van der Waals surface area contributed by atoms with Gasteiger partial charge in [0.25, 0.3) is 0 Å². The van der Waals surface area contributed by atoms with E-state index >= 15 is 0 Å². The molecule has 0 saturated carbocycles. The van der Waals surface area contributed by atoms with Gasteiger partial charge in [-0.1, -0.05) is 73.6 Å². The number of aliphatic hydroxyl groups is 1. The van der Waals surface area contributed by atoms with Gasteiger partial charge < -0.3 is 5.11 Å². The second kappa shape index (κ2) is 11.4. The normalized spacial score (nSPS) is 12.0. The first kappa shape index (κ1) is 29.7. The Bertz CT molecular complexity index is 1190. The van der Waals surface area contributed by atoms with Crippen molar-refractivity contribution in [3.63, 3.8) is 0 Å². The molecule has 0 amide bonds. The molecule has 0 spiro atoms. The molecule has 1 aromatic heterocycles. The van der Waals surface area contributed by atoms with Crippen LogP contribution in [0.5, 0.6) is 0 Å². The van der Waals surface area contributed by atoms with E-state index in [0.29, 0.717) is 0 Å². The molecule has 3 nitrogen and oxygen atoms in total. The topological polar surface area (TPSA) is 50.2 Å². The fourth-order valence-corrected chi connectivity index (χ4v) is 3.24. The van der Waals surface area contributed by atoms with Crippen molar-refractivity contribution >= 4 is 16.7 Å². The van der Waals surface area contributed by atoms with Crippen molar-refractivity contribution in [2.75, 3.05) is 0 Å². The van der Waals surface area contributed by atoms with Gasteiger partial charge in [-0.3, -0.25) is 9.78 Å². The number of aryl methyl sites for hydroxylation is 3. The van der Waals surface area contributed by atoms with Crippen LogP contribution in [0.15, 0.2) is 48.2 Å². The number of aliphatic hydroxyl groups excluding tert-OH is 1. The van der Waals surface area contributed by atoms with Crippen molar-refractivity contribution in [2.45, 2.75) is 69.2 Å². The summed E-state index contributed by atoms with van der Waals surface area (Å²) >= 11 is 0. The van der Waals surface area contributed by atoms with Crippen molar-refractivity contribution in [1.82, 2.24) is 4.98 Å². The smallest absolute Gasteiger partial charge is 0.164 e. The second-order valence-corrected chi connectivity index (χ2v) is 10.9. The number of fused-ring (bicyclic) bond motifs is 1. The SMILES string of the molecule is CC(C)(C)C(=O)/C=C(\O)C(C)(C)C.Cc1cc(C)c2ccc(-c3[c-]ccc(C)c3C)nc2c1.[Ir]. The van der Waals surface area contributed by atoms with E-state index in [1.54, 1.807) is 0 Å². The molecule has 1 N–H and O–H groups in total. The Hall–Kier alpha value is -2.29. The van der Waals surface area contributed by atoms with Crippen LogP contribution in [0, 0.1) is 44.6 Å². The monoisotopic (exact) mass is 637 g/mol. The fraction of sp³-hybridized carbons (Fsp3) is 0.400. The number of ketones is 1. The van der Waals surface area contributed by atoms with Crippen LogP contribution in [0.25, 0.3) is 22.2 Å². The molecule has 3 aromatic rings. The zero-order valence-electron chi connectivity index (χ0n) is 22.2. The minimum absolute atomic E-state index is 0. The molecule has 0 unspecified atom stereocenters. The van der Waals surface area contributed by atoms with Crippen LogP contribution >= 0.6 is 0 Å². The summed E-state index contributed by atoms with van der Waals surface area (Å²) in [5.41, 5.74) is 7.47. The largest absolute Gasteiger partial charge is 0.512 e. The summed E-state index contributed by atoms with van der Waals surface area (Å²) < 4.78 is 0. The van der Waals surface area contributed by atoms with E-state index in [0.717, 1.165) is 16.8 Å². The molecule has 185 valence electrons. The molecule has 3 rings (SSSR count). The van der Waals surface area contributed by atoms with Gasteiger partial charge in [0, 0.05) is 42.4 Å². The number of rotatable bonds is 2. The molecule has 4 heteroatoms. The van der Waals surface area contributed by atoms with Crippen molar-refractivity contribution in [3.05, 3.63) is 76.6 Å². The molecular weight excluding hydrogens is 599 g/mol. The minimum atomic E-state index is -0.417. The van der Waals surface area contributed by atoms with Crippen LogP contribution < -0.4 is 0 Å². The standard InChI is InChI=1S/C19H18N.C11H20O2.Ir/c1-12-10-14(3)16-8-9-18(20-19(16)11-12)17-7-5-6-13(2)15(17)4;1-10(2,3)8(12)7-9(13)11(4,5)6;/h5-6,8-11H,1-4H3;7,12H,1-6H3;/q-1;;/b;8-7-;. The number of carbonyl (C=O) groups excluding carboxylic acids is 1. The van der Waals surface area contributed by atoms with Gasteiger partial charge in [0.15, 0.2) is 5.78 Å². The Balaban J connectivity index is 0.000000364. The first-order valence-corrected chi connectivity index (χ1v) is 11.4. The third kappa shape index (κ3) is 7.61. The van der Waals surface area contributed by atoms with Crippen LogP contribution in [0.2, 0.25) is 0 Å². The Morgan fingerprint density at radius 2 is 1.53 bits per heavy atom. The maximum absolute atomic E-state index is 11.5. The van der Waals surface area contributed by atoms with Crippen LogP contribution in [0.4, 0.5) is 0 Å². The summed E-state index contributed by atoms with van der Waals surface area (Å²) in [6, 6.07) is 16.0. The third-order valence-electron chi connectivity index (χ3n) is 5.72. The second-order valence-electron chi connectivity index (χ2n) is 10.9. The molecule has 34 heavy (non-hydrogen) atoms. The molecule has 0 aliphatic carbocycles. The van der Waals surface area contributed by atoms with Gasteiger partial charge in [-0.2, -0.15) is 0 Å². The quantitative estimate of drug-likeness (QED) is 0.176. The van der Waals surface area contributed by atoms with Gasteiger partial charge in [-0.25, -0.2) is 0 Å². The van der Waals surface area contributed by atoms with Gasteiger partial charge in [-0.15, -0.1) is 34.9 Å². The summed E-state index contributed by atoms with van der Waals surface area (Å²) in [4.78, 5) is 16.3. The van der Waals surface area contributed by atoms with E-state index in [9.17, 15) is 9.90 Å². The number of hydrogen-bond acceptors (Lipinski definition) is 3. The van der Waals surface area contributed by atoms with Gasteiger partial charge in [-0.05, 0) is 36.7 Å². The van der Waals surface area contributed by atoms with Gasteiger partial charge in [0.2, 0.25) is 0 Å². The van der Waals surface area contributed by atoms with E-state index in [2.05, 4.69) is 64.1 Å². The third-order valence-corrected chi connectivity index (χ3v) is 5.72. The van der Waals surface area contributed by atoms with Gasteiger partial charge in [0.1, 0.15) is 5.76 Å². The summed E-state index contributed by atoms with van der Waals surface area (Å²) in [5.74, 6) is 0.104. The van der Waals surface area contributed by atoms with Crippen LogP contribution in [0.1, 0.15) is 63.8 Å². The van der Waals surface area contributed by atoms with Crippen LogP contribution in [0.3, 0.4) is 0 Å². The van der Waals surface area contributed by atoms with E-state index in [4.69, 9.17) is 4.98 Å². The Morgan fingerprint density at radius 3 is 2.09 bits per heavy atom. The fourth-order valence-electron chi connectivity index (χ4n) is 3.24. The number of pyridine rings is 1. The van der Waals surface area contributed by atoms with Gasteiger partial charge >= 0.3 is 0 Å². The molecule has 0 aliphatic heterocycles. The molecule has 0 fully saturated rings. The summed E-state index contributed by atoms with van der Waals surface area (Å²) in [5, 5.41) is 10.8. The molecule has 1 heterocycles. The minimum Gasteiger partial charge on any atom is -0.512 e. The van der Waals surface area contributed by atoms with Crippen molar-refractivity contribution in [1.29, 1.82) is 0 Å². The maximum Gasteiger partial charge on any atom is 0.164 e. The van der Waals surface area contributed by atoms with Gasteiger partial charge in [0.05, 0.1) is 5.52 Å². The predicted molar refractivity (Wildman–Crippen MR) is 140 cm³/mol. The van der Waals surface area contributed by atoms with Crippen LogP contribution in [-0.4, -0.2) is 15.9 Å². The average molecular weight is 637 g/mol. The summed E-state index contributed by atoms with van der Waals surface area (Å²) in [6.45, 7) is 19.6. The van der Waals surface area contributed by atoms with E-state index in [1.165, 1.54) is 33.7 Å². The van der Waals surface area contributed by atoms with Crippen molar-refractivity contribution in [3.8, 4) is 11.3 Å². The summed E-state index contributed by atoms with van der Waals surface area (Å²) in [6.07, 6.45) is 1.33. The Morgan fingerprint density at radius 1 is 0.912 bits per heavy atom. The van der Waals surface area contributed by atoms with Crippen molar-refractivity contribution < 1.29 is 30.0 Å². The van der Waals surface area contributed by atoms with E-state index in [1.807, 2.05) is 47.6 Å². The number of hydrogen-bond donors (Lipinski definition) is 1. The molecule has 0 aliphatic rings.